The molecule has 14 heavy (non-hydrogen) atoms. The van der Waals surface area contributed by atoms with Crippen molar-refractivity contribution in [3.8, 4) is 0 Å². The molecule has 1 aromatic carbocycles. The Morgan fingerprint density at radius 2 is 2.07 bits per heavy atom. The number of thiazole rings is 1. The van der Waals surface area contributed by atoms with E-state index in [1.807, 2.05) is 0 Å². The summed E-state index contributed by atoms with van der Waals surface area (Å²) >= 11 is 6.75. The van der Waals surface area contributed by atoms with Gasteiger partial charge in [-0.15, -0.1) is 11.3 Å². The van der Waals surface area contributed by atoms with E-state index in [0.29, 0.717) is 10.5 Å². The van der Waals surface area contributed by atoms with Gasteiger partial charge in [-0.1, -0.05) is 11.6 Å². The van der Waals surface area contributed by atoms with Crippen molar-refractivity contribution in [1.82, 2.24) is 4.98 Å². The van der Waals surface area contributed by atoms with E-state index in [1.165, 1.54) is 0 Å². The minimum atomic E-state index is -3.74. The summed E-state index contributed by atoms with van der Waals surface area (Å²) in [6.07, 6.45) is 0. The first kappa shape index (κ1) is 10.2. The van der Waals surface area contributed by atoms with Crippen LogP contribution in [0.3, 0.4) is 0 Å². The van der Waals surface area contributed by atoms with Crippen LogP contribution >= 0.6 is 33.6 Å². The molecule has 0 aliphatic carbocycles. The van der Waals surface area contributed by atoms with Gasteiger partial charge >= 0.3 is 0 Å². The molecule has 0 unspecified atom stereocenters. The summed E-state index contributed by atoms with van der Waals surface area (Å²) < 4.78 is 22.6. The van der Waals surface area contributed by atoms with Gasteiger partial charge in [-0.25, -0.2) is 13.4 Å². The third-order valence-corrected chi connectivity index (χ3v) is 4.73. The van der Waals surface area contributed by atoms with Crippen LogP contribution in [0.1, 0.15) is 0 Å². The minimum Gasteiger partial charge on any atom is -0.224 e. The van der Waals surface area contributed by atoms with Crippen LogP contribution in [0.2, 0.25) is 5.02 Å². The van der Waals surface area contributed by atoms with Crippen molar-refractivity contribution in [3.63, 3.8) is 0 Å². The van der Waals surface area contributed by atoms with Gasteiger partial charge in [-0.3, -0.25) is 0 Å². The number of hydrogen-bond acceptors (Lipinski definition) is 4. The second-order valence-corrected chi connectivity index (χ2v) is 6.74. The summed E-state index contributed by atoms with van der Waals surface area (Å²) in [6.45, 7) is 0. The summed E-state index contributed by atoms with van der Waals surface area (Å²) in [7, 11) is 1.42. The number of nitrogens with zero attached hydrogens (tertiary/aromatic N) is 1. The summed E-state index contributed by atoms with van der Waals surface area (Å²) in [5.41, 5.74) is 0.543. The van der Waals surface area contributed by atoms with Crippen molar-refractivity contribution in [1.29, 1.82) is 0 Å². The van der Waals surface area contributed by atoms with Gasteiger partial charge in [0.05, 0.1) is 10.2 Å². The van der Waals surface area contributed by atoms with Crippen LogP contribution in [0.4, 0.5) is 0 Å². The first-order valence-corrected chi connectivity index (χ1v) is 6.98. The van der Waals surface area contributed by atoms with Crippen LogP contribution in [0.25, 0.3) is 10.2 Å². The van der Waals surface area contributed by atoms with E-state index in [1.54, 1.807) is 18.2 Å². The molecule has 2 rings (SSSR count). The van der Waals surface area contributed by atoms with Gasteiger partial charge in [0.15, 0.2) is 0 Å². The molecule has 0 aliphatic rings. The van der Waals surface area contributed by atoms with Gasteiger partial charge in [0.25, 0.3) is 9.05 Å². The lowest BCUT2D eigenvalue weighted by molar-refractivity contribution is 0.609. The van der Waals surface area contributed by atoms with Gasteiger partial charge in [0, 0.05) is 15.7 Å². The molecule has 74 valence electrons. The maximum absolute atomic E-state index is 11.0. The highest BCUT2D eigenvalue weighted by atomic mass is 35.7. The van der Waals surface area contributed by atoms with Crippen LogP contribution in [-0.2, 0) is 9.05 Å². The van der Waals surface area contributed by atoms with E-state index in [9.17, 15) is 8.42 Å². The highest BCUT2D eigenvalue weighted by Crippen LogP contribution is 2.29. The predicted octanol–water partition coefficient (Wildman–Crippen LogP) is 2.88. The van der Waals surface area contributed by atoms with Crippen LogP contribution in [0.5, 0.6) is 0 Å². The molecular weight excluding hydrogens is 265 g/mol. The molecule has 1 aromatic heterocycles. The van der Waals surface area contributed by atoms with Crippen molar-refractivity contribution in [2.75, 3.05) is 0 Å². The van der Waals surface area contributed by atoms with Crippen molar-refractivity contribution in [2.45, 2.75) is 4.34 Å². The van der Waals surface area contributed by atoms with Gasteiger partial charge in [0.1, 0.15) is 0 Å². The summed E-state index contributed by atoms with van der Waals surface area (Å²) in [5.74, 6) is 0. The average Bonchev–Trinajstić information content (AvgIpc) is 2.45. The fourth-order valence-corrected chi connectivity index (χ4v) is 3.09. The molecule has 1 heterocycles. The maximum atomic E-state index is 11.0. The maximum Gasteiger partial charge on any atom is 0.288 e. The fourth-order valence-electron chi connectivity index (χ4n) is 0.984. The average molecular weight is 268 g/mol. The Kier molecular flexibility index (Phi) is 2.43. The van der Waals surface area contributed by atoms with E-state index in [-0.39, 0.29) is 4.34 Å². The first-order valence-electron chi connectivity index (χ1n) is 3.47. The minimum absolute atomic E-state index is 0.101. The quantitative estimate of drug-likeness (QED) is 0.747. The van der Waals surface area contributed by atoms with Gasteiger partial charge in [-0.2, -0.15) is 0 Å². The molecule has 3 nitrogen and oxygen atoms in total. The zero-order valence-electron chi connectivity index (χ0n) is 6.57. The second-order valence-electron chi connectivity index (χ2n) is 2.53. The number of hydrogen-bond donors (Lipinski definition) is 0. The number of benzene rings is 1. The lowest BCUT2D eigenvalue weighted by Gasteiger charge is -1.86. The van der Waals surface area contributed by atoms with E-state index in [4.69, 9.17) is 22.3 Å². The molecule has 0 spiro atoms. The van der Waals surface area contributed by atoms with E-state index >= 15 is 0 Å². The lowest BCUT2D eigenvalue weighted by atomic mass is 10.3. The standard InChI is InChI=1S/C7H3Cl2NO2S2/c8-4-1-2-6-5(3-4)10-7(13-6)14(9,11)12/h1-3H. The van der Waals surface area contributed by atoms with Crippen molar-refractivity contribution in [3.05, 3.63) is 23.2 Å². The Balaban J connectivity index is 2.75. The third-order valence-electron chi connectivity index (χ3n) is 1.54. The molecule has 0 saturated heterocycles. The Morgan fingerprint density at radius 1 is 1.36 bits per heavy atom. The highest BCUT2D eigenvalue weighted by molar-refractivity contribution is 8.15. The van der Waals surface area contributed by atoms with Gasteiger partial charge in [0.2, 0.25) is 4.34 Å². The SMILES string of the molecule is O=S(=O)(Cl)c1nc2cc(Cl)ccc2s1. The summed E-state index contributed by atoms with van der Waals surface area (Å²) in [6, 6.07) is 4.98. The number of fused-ring (bicyclic) bond motifs is 1. The number of halogens is 2. The molecule has 0 N–H and O–H groups in total. The molecule has 0 radical (unpaired) electrons. The zero-order chi connectivity index (χ0) is 10.3. The number of aromatic nitrogens is 1. The van der Waals surface area contributed by atoms with Gasteiger partial charge < -0.3 is 0 Å². The zero-order valence-corrected chi connectivity index (χ0v) is 9.71. The molecule has 7 heteroatoms. The highest BCUT2D eigenvalue weighted by Gasteiger charge is 2.15. The van der Waals surface area contributed by atoms with Crippen molar-refractivity contribution < 1.29 is 8.42 Å². The molecule has 0 fully saturated rings. The summed E-state index contributed by atoms with van der Waals surface area (Å²) in [5, 5.41) is 0.515. The van der Waals surface area contributed by atoms with E-state index in [0.717, 1.165) is 16.0 Å². The predicted molar refractivity (Wildman–Crippen MR) is 57.7 cm³/mol. The summed E-state index contributed by atoms with van der Waals surface area (Å²) in [4.78, 5) is 3.86. The lowest BCUT2D eigenvalue weighted by Crippen LogP contribution is -1.87. The Morgan fingerprint density at radius 3 is 2.71 bits per heavy atom. The normalized spacial score (nSPS) is 12.1. The molecule has 0 amide bonds. The molecule has 0 bridgehead atoms. The first-order chi connectivity index (χ1) is 6.47. The second kappa shape index (κ2) is 3.34. The van der Waals surface area contributed by atoms with Gasteiger partial charge in [-0.05, 0) is 18.2 Å². The Hall–Kier alpha value is -0.360. The number of rotatable bonds is 1. The third kappa shape index (κ3) is 1.86. The van der Waals surface area contributed by atoms with Crippen LogP contribution in [-0.4, -0.2) is 13.4 Å². The molecule has 2 aromatic rings. The van der Waals surface area contributed by atoms with Crippen LogP contribution < -0.4 is 0 Å². The molecule has 0 atom stereocenters. The van der Waals surface area contributed by atoms with Crippen molar-refractivity contribution >= 4 is 52.9 Å². The Labute approximate surface area is 93.7 Å². The van der Waals surface area contributed by atoms with Crippen LogP contribution in [0, 0.1) is 0 Å². The Bertz CT molecular complexity index is 591. The van der Waals surface area contributed by atoms with E-state index < -0.39 is 9.05 Å². The molecule has 0 aliphatic heterocycles. The van der Waals surface area contributed by atoms with Crippen LogP contribution in [0.15, 0.2) is 22.5 Å². The monoisotopic (exact) mass is 267 g/mol. The molecular formula is C7H3Cl2NO2S2. The smallest absolute Gasteiger partial charge is 0.224 e. The fraction of sp³-hybridized carbons (Fsp3) is 0. The largest absolute Gasteiger partial charge is 0.288 e. The van der Waals surface area contributed by atoms with Crippen molar-refractivity contribution in [2.24, 2.45) is 0 Å². The topological polar surface area (TPSA) is 47.0 Å². The van der Waals surface area contributed by atoms with E-state index in [2.05, 4.69) is 4.98 Å². The molecule has 0 saturated carbocycles.